The van der Waals surface area contributed by atoms with Crippen molar-refractivity contribution in [1.29, 1.82) is 5.26 Å². The van der Waals surface area contributed by atoms with E-state index in [0.717, 1.165) is 31.4 Å². The van der Waals surface area contributed by atoms with Crippen LogP contribution in [0, 0.1) is 22.2 Å². The molecule has 2 rings (SSSR count). The summed E-state index contributed by atoms with van der Waals surface area (Å²) in [6.07, 6.45) is 6.14. The minimum Gasteiger partial charge on any atom is -0.385 e. The van der Waals surface area contributed by atoms with Crippen LogP contribution in [0.1, 0.15) is 71.2 Å². The molecular weight excluding hydrogens is 250 g/mol. The van der Waals surface area contributed by atoms with Gasteiger partial charge in [-0.2, -0.15) is 5.26 Å². The number of hydrogen-bond donors (Lipinski definition) is 1. The summed E-state index contributed by atoms with van der Waals surface area (Å²) in [5.41, 5.74) is 0.377. The monoisotopic (exact) mass is 275 g/mol. The van der Waals surface area contributed by atoms with E-state index in [2.05, 4.69) is 38.7 Å². The molecule has 4 nitrogen and oxygen atoms in total. The SMILES string of the molecule is CC(C)n1cncc1C(O)C1(C#N)CCC(C)(C)CC1. The van der Waals surface area contributed by atoms with Crippen molar-refractivity contribution in [3.63, 3.8) is 0 Å². The van der Waals surface area contributed by atoms with Crippen molar-refractivity contribution >= 4 is 0 Å². The molecule has 0 aliphatic heterocycles. The van der Waals surface area contributed by atoms with E-state index in [9.17, 15) is 10.4 Å². The van der Waals surface area contributed by atoms with Crippen LogP contribution < -0.4 is 0 Å². The van der Waals surface area contributed by atoms with E-state index < -0.39 is 11.5 Å². The van der Waals surface area contributed by atoms with Gasteiger partial charge in [-0.3, -0.25) is 0 Å². The summed E-state index contributed by atoms with van der Waals surface area (Å²) < 4.78 is 1.96. The van der Waals surface area contributed by atoms with Gasteiger partial charge in [-0.05, 0) is 44.9 Å². The zero-order chi connectivity index (χ0) is 15.0. The van der Waals surface area contributed by atoms with Gasteiger partial charge in [-0.15, -0.1) is 0 Å². The molecule has 4 heteroatoms. The molecule has 1 aromatic rings. The maximum atomic E-state index is 10.8. The van der Waals surface area contributed by atoms with Gasteiger partial charge >= 0.3 is 0 Å². The summed E-state index contributed by atoms with van der Waals surface area (Å²) in [6, 6.07) is 2.65. The highest BCUT2D eigenvalue weighted by atomic mass is 16.3. The van der Waals surface area contributed by atoms with Gasteiger partial charge in [0.25, 0.3) is 0 Å². The van der Waals surface area contributed by atoms with E-state index in [-0.39, 0.29) is 11.5 Å². The maximum absolute atomic E-state index is 10.8. The first-order valence-electron chi connectivity index (χ1n) is 7.42. The molecule has 1 aliphatic rings. The Morgan fingerprint density at radius 3 is 2.40 bits per heavy atom. The highest BCUT2D eigenvalue weighted by Gasteiger charge is 2.45. The molecule has 110 valence electrons. The smallest absolute Gasteiger partial charge is 0.114 e. The van der Waals surface area contributed by atoms with Crippen LogP contribution in [0.4, 0.5) is 0 Å². The second kappa shape index (κ2) is 5.21. The minimum absolute atomic E-state index is 0.234. The number of nitrogens with zero attached hydrogens (tertiary/aromatic N) is 3. The topological polar surface area (TPSA) is 61.8 Å². The van der Waals surface area contributed by atoms with Crippen LogP contribution in [0.25, 0.3) is 0 Å². The molecule has 1 heterocycles. The zero-order valence-corrected chi connectivity index (χ0v) is 12.9. The Bertz CT molecular complexity index is 500. The summed E-state index contributed by atoms with van der Waals surface area (Å²) in [5, 5.41) is 20.5. The molecule has 1 saturated carbocycles. The van der Waals surface area contributed by atoms with Crippen LogP contribution in [-0.2, 0) is 0 Å². The largest absolute Gasteiger partial charge is 0.385 e. The lowest BCUT2D eigenvalue weighted by molar-refractivity contribution is 0.00438. The van der Waals surface area contributed by atoms with Crippen LogP contribution in [-0.4, -0.2) is 14.7 Å². The third-order valence-electron chi connectivity index (χ3n) is 4.77. The Labute approximate surface area is 121 Å². The first kappa shape index (κ1) is 15.1. The molecule has 1 atom stereocenters. The normalized spacial score (nSPS) is 22.4. The predicted octanol–water partition coefficient (Wildman–Crippen LogP) is 3.61. The molecule has 0 bridgehead atoms. The zero-order valence-electron chi connectivity index (χ0n) is 12.9. The third kappa shape index (κ3) is 2.60. The first-order valence-corrected chi connectivity index (χ1v) is 7.42. The lowest BCUT2D eigenvalue weighted by atomic mass is 9.63. The standard InChI is InChI=1S/C16H25N3O/c1-12(2)19-11-18-9-13(19)14(20)16(10-17)7-5-15(3,4)6-8-16/h9,11-12,14,20H,5-8H2,1-4H3. The number of rotatable bonds is 3. The molecule has 0 saturated heterocycles. The number of nitriles is 1. The first-order chi connectivity index (χ1) is 9.31. The summed E-state index contributed by atoms with van der Waals surface area (Å²) in [7, 11) is 0. The molecule has 0 spiro atoms. The number of hydrogen-bond acceptors (Lipinski definition) is 3. The summed E-state index contributed by atoms with van der Waals surface area (Å²) in [5.74, 6) is 0. The molecule has 1 fully saturated rings. The third-order valence-corrected chi connectivity index (χ3v) is 4.77. The molecule has 1 N–H and O–H groups in total. The molecule has 0 amide bonds. The van der Waals surface area contributed by atoms with Gasteiger partial charge in [-0.25, -0.2) is 4.98 Å². The lowest BCUT2D eigenvalue weighted by Crippen LogP contribution is -2.36. The Morgan fingerprint density at radius 2 is 1.90 bits per heavy atom. The van der Waals surface area contributed by atoms with Gasteiger partial charge in [0, 0.05) is 6.04 Å². The predicted molar refractivity (Wildman–Crippen MR) is 77.9 cm³/mol. The van der Waals surface area contributed by atoms with E-state index in [1.807, 2.05) is 4.57 Å². The number of imidazole rings is 1. The van der Waals surface area contributed by atoms with Gasteiger partial charge in [0.05, 0.1) is 29.7 Å². The average molecular weight is 275 g/mol. The Balaban J connectivity index is 2.29. The van der Waals surface area contributed by atoms with E-state index in [0.29, 0.717) is 0 Å². The molecule has 1 aromatic heterocycles. The Kier molecular flexibility index (Phi) is 3.93. The fraction of sp³-hybridized carbons (Fsp3) is 0.750. The van der Waals surface area contributed by atoms with Crippen molar-refractivity contribution in [2.75, 3.05) is 0 Å². The van der Waals surface area contributed by atoms with Crippen molar-refractivity contribution < 1.29 is 5.11 Å². The minimum atomic E-state index is -0.756. The maximum Gasteiger partial charge on any atom is 0.114 e. The van der Waals surface area contributed by atoms with E-state index in [1.54, 1.807) is 12.5 Å². The number of aliphatic hydroxyl groups is 1. The van der Waals surface area contributed by atoms with Gasteiger partial charge in [0.1, 0.15) is 6.10 Å². The number of aliphatic hydroxyl groups excluding tert-OH is 1. The lowest BCUT2D eigenvalue weighted by Gasteiger charge is -2.42. The van der Waals surface area contributed by atoms with Crippen LogP contribution in [0.3, 0.4) is 0 Å². The van der Waals surface area contributed by atoms with E-state index in [1.165, 1.54) is 0 Å². The molecule has 1 unspecified atom stereocenters. The second-order valence-corrected chi connectivity index (χ2v) is 7.15. The fourth-order valence-electron chi connectivity index (χ4n) is 3.06. The van der Waals surface area contributed by atoms with Gasteiger partial charge in [-0.1, -0.05) is 13.8 Å². The van der Waals surface area contributed by atoms with E-state index in [4.69, 9.17) is 0 Å². The van der Waals surface area contributed by atoms with E-state index >= 15 is 0 Å². The average Bonchev–Trinajstić information content (AvgIpc) is 2.88. The van der Waals surface area contributed by atoms with Crippen LogP contribution in [0.5, 0.6) is 0 Å². The molecular formula is C16H25N3O. The molecule has 20 heavy (non-hydrogen) atoms. The van der Waals surface area contributed by atoms with Crippen LogP contribution >= 0.6 is 0 Å². The second-order valence-electron chi connectivity index (χ2n) is 7.15. The van der Waals surface area contributed by atoms with Crippen molar-refractivity contribution in [3.8, 4) is 6.07 Å². The van der Waals surface area contributed by atoms with Gasteiger partial charge in [0.2, 0.25) is 0 Å². The summed E-state index contributed by atoms with van der Waals surface area (Å²) in [4.78, 5) is 4.15. The highest BCUT2D eigenvalue weighted by molar-refractivity contribution is 5.16. The fourth-order valence-corrected chi connectivity index (χ4v) is 3.06. The van der Waals surface area contributed by atoms with Crippen molar-refractivity contribution in [1.82, 2.24) is 9.55 Å². The van der Waals surface area contributed by atoms with Crippen molar-refractivity contribution in [2.45, 2.75) is 65.5 Å². The Morgan fingerprint density at radius 1 is 1.30 bits per heavy atom. The Hall–Kier alpha value is -1.34. The van der Waals surface area contributed by atoms with Crippen LogP contribution in [0.15, 0.2) is 12.5 Å². The van der Waals surface area contributed by atoms with Crippen molar-refractivity contribution in [3.05, 3.63) is 18.2 Å². The summed E-state index contributed by atoms with van der Waals surface area (Å²) in [6.45, 7) is 8.58. The van der Waals surface area contributed by atoms with Crippen molar-refractivity contribution in [2.24, 2.45) is 10.8 Å². The van der Waals surface area contributed by atoms with Crippen LogP contribution in [0.2, 0.25) is 0 Å². The highest BCUT2D eigenvalue weighted by Crippen LogP contribution is 2.50. The number of aromatic nitrogens is 2. The van der Waals surface area contributed by atoms with Gasteiger partial charge < -0.3 is 9.67 Å². The quantitative estimate of drug-likeness (QED) is 0.916. The molecule has 1 aliphatic carbocycles. The molecule has 0 radical (unpaired) electrons. The van der Waals surface area contributed by atoms with Gasteiger partial charge in [0.15, 0.2) is 0 Å². The molecule has 0 aromatic carbocycles. The summed E-state index contributed by atoms with van der Waals surface area (Å²) >= 11 is 0.